The van der Waals surface area contributed by atoms with Gasteiger partial charge in [0.15, 0.2) is 7.29 Å². The van der Waals surface area contributed by atoms with Crippen LogP contribution in [0.4, 0.5) is 4.79 Å². The van der Waals surface area contributed by atoms with Crippen molar-refractivity contribution < 1.29 is 32.0 Å². The van der Waals surface area contributed by atoms with Crippen LogP contribution in [0.25, 0.3) is 0 Å². The Balaban J connectivity index is 1.76. The van der Waals surface area contributed by atoms with Crippen LogP contribution in [-0.2, 0) is 35.5 Å². The second kappa shape index (κ2) is 14.6. The lowest BCUT2D eigenvalue weighted by Crippen LogP contribution is -2.40. The van der Waals surface area contributed by atoms with Crippen LogP contribution in [0.2, 0.25) is 0 Å². The molecule has 0 aliphatic heterocycles. The fourth-order valence-electron chi connectivity index (χ4n) is 3.65. The van der Waals surface area contributed by atoms with Crippen LogP contribution < -0.4 is 20.4 Å². The second-order valence-corrected chi connectivity index (χ2v) is 12.9. The fourth-order valence-corrected chi connectivity index (χ4v) is 7.93. The summed E-state index contributed by atoms with van der Waals surface area (Å²) in [6.45, 7) is 1.21. The summed E-state index contributed by atoms with van der Waals surface area (Å²) in [6.07, 6.45) is -0.764. The first kappa shape index (κ1) is 30.0. The van der Waals surface area contributed by atoms with Gasteiger partial charge in [0, 0.05) is 11.8 Å². The lowest BCUT2D eigenvalue weighted by atomic mass is 10.2. The highest BCUT2D eigenvalue weighted by atomic mass is 32.2. The van der Waals surface area contributed by atoms with E-state index in [1.165, 1.54) is 0 Å². The van der Waals surface area contributed by atoms with E-state index in [9.17, 15) is 22.6 Å². The molecule has 2 atom stereocenters. The summed E-state index contributed by atoms with van der Waals surface area (Å²) in [5.74, 6) is -2.37. The number of benzene rings is 3. The molecule has 3 aromatic carbocycles. The average molecular weight is 574 g/mol. The van der Waals surface area contributed by atoms with Crippen molar-refractivity contribution in [2.24, 2.45) is 0 Å². The van der Waals surface area contributed by atoms with Gasteiger partial charge in [0.05, 0.1) is 12.4 Å². The number of amides is 1. The van der Waals surface area contributed by atoms with Crippen molar-refractivity contribution in [3.05, 3.63) is 102 Å². The van der Waals surface area contributed by atoms with Crippen LogP contribution in [0.1, 0.15) is 23.8 Å². The van der Waals surface area contributed by atoms with Crippen molar-refractivity contribution >= 4 is 34.7 Å². The lowest BCUT2D eigenvalue weighted by molar-refractivity contribution is -0.141. The molecular weight excluding hydrogens is 541 g/mol. The Kier molecular flexibility index (Phi) is 11.2. The highest BCUT2D eigenvalue weighted by molar-refractivity contribution is 7.90. The van der Waals surface area contributed by atoms with E-state index in [0.29, 0.717) is 10.9 Å². The predicted octanol–water partition coefficient (Wildman–Crippen LogP) is 3.29. The number of hydrogen-bond donors (Lipinski definition) is 3. The van der Waals surface area contributed by atoms with Crippen LogP contribution in [0.15, 0.2) is 91.0 Å². The Labute approximate surface area is 228 Å². The molecule has 39 heavy (non-hydrogen) atoms. The maximum absolute atomic E-state index is 14.6. The van der Waals surface area contributed by atoms with Gasteiger partial charge in [-0.2, -0.15) is 4.72 Å². The second-order valence-electron chi connectivity index (χ2n) is 8.37. The number of carbonyl (C=O) groups is 2. The molecule has 0 bridgehead atoms. The maximum atomic E-state index is 14.6. The molecule has 0 saturated carbocycles. The molecule has 0 spiro atoms. The quantitative estimate of drug-likeness (QED) is 0.197. The molecule has 0 aromatic heterocycles. The minimum atomic E-state index is -4.08. The largest absolute Gasteiger partial charge is 0.465 e. The molecule has 2 unspecified atom stereocenters. The van der Waals surface area contributed by atoms with E-state index >= 15 is 0 Å². The van der Waals surface area contributed by atoms with Crippen molar-refractivity contribution in [1.29, 1.82) is 0 Å². The van der Waals surface area contributed by atoms with Gasteiger partial charge in [0.25, 0.3) is 0 Å². The van der Waals surface area contributed by atoms with Gasteiger partial charge in [-0.15, -0.1) is 0 Å². The fraction of sp³-hybridized carbons (Fsp3) is 0.259. The van der Waals surface area contributed by atoms with Crippen molar-refractivity contribution in [3.8, 4) is 0 Å². The number of hydrogen-bond acceptors (Lipinski definition) is 7. The number of rotatable bonds is 14. The molecule has 3 aromatic rings. The van der Waals surface area contributed by atoms with Crippen molar-refractivity contribution in [2.75, 3.05) is 25.4 Å². The van der Waals surface area contributed by atoms with E-state index in [1.54, 1.807) is 79.7 Å². The van der Waals surface area contributed by atoms with Crippen molar-refractivity contribution in [1.82, 2.24) is 15.1 Å². The minimum Gasteiger partial charge on any atom is -0.465 e. The number of ether oxygens (including phenoxy) is 2. The van der Waals surface area contributed by atoms with Gasteiger partial charge in [-0.1, -0.05) is 91.0 Å². The van der Waals surface area contributed by atoms with E-state index in [1.807, 2.05) is 18.2 Å². The zero-order chi connectivity index (χ0) is 28.1. The molecular formula is C27H32N3O7PS. The van der Waals surface area contributed by atoms with E-state index in [2.05, 4.69) is 15.1 Å². The van der Waals surface area contributed by atoms with E-state index in [-0.39, 0.29) is 26.3 Å². The Hall–Kier alpha value is -3.50. The first-order valence-electron chi connectivity index (χ1n) is 12.3. The number of esters is 1. The molecule has 10 nitrogen and oxygen atoms in total. The van der Waals surface area contributed by atoms with Crippen LogP contribution in [-0.4, -0.2) is 45.9 Å². The van der Waals surface area contributed by atoms with Gasteiger partial charge >= 0.3 is 12.1 Å². The number of alkyl carbamates (subject to hydrolysis) is 1. The third kappa shape index (κ3) is 9.33. The van der Waals surface area contributed by atoms with E-state index in [4.69, 9.17) is 9.47 Å². The summed E-state index contributed by atoms with van der Waals surface area (Å²) in [7, 11) is -7.91. The zero-order valence-electron chi connectivity index (χ0n) is 21.5. The van der Waals surface area contributed by atoms with Crippen LogP contribution >= 0.6 is 7.29 Å². The Bertz CT molecular complexity index is 1360. The first-order chi connectivity index (χ1) is 18.7. The SMILES string of the molecule is CCOC(=O)CNP(=O)(c1ccccc1)C(NS(=O)(=O)CCNC(=O)OCc1ccccc1)c1ccccc1. The predicted molar refractivity (Wildman–Crippen MR) is 149 cm³/mol. The summed E-state index contributed by atoms with van der Waals surface area (Å²) in [4.78, 5) is 24.2. The normalized spacial score (nSPS) is 13.6. The smallest absolute Gasteiger partial charge is 0.407 e. The summed E-state index contributed by atoms with van der Waals surface area (Å²) in [6, 6.07) is 25.8. The lowest BCUT2D eigenvalue weighted by Gasteiger charge is -2.29. The third-order valence-electron chi connectivity index (χ3n) is 5.53. The van der Waals surface area contributed by atoms with Crippen LogP contribution in [0.3, 0.4) is 0 Å². The molecule has 12 heteroatoms. The topological polar surface area (TPSA) is 140 Å². The average Bonchev–Trinajstić information content (AvgIpc) is 2.95. The van der Waals surface area contributed by atoms with Gasteiger partial charge in [-0.05, 0) is 18.1 Å². The molecule has 0 aliphatic carbocycles. The highest BCUT2D eigenvalue weighted by Gasteiger charge is 2.39. The minimum absolute atomic E-state index is 0.0418. The molecule has 0 saturated heterocycles. The van der Waals surface area contributed by atoms with E-state index < -0.39 is 40.9 Å². The monoisotopic (exact) mass is 573 g/mol. The molecule has 3 N–H and O–H groups in total. The third-order valence-corrected chi connectivity index (χ3v) is 9.89. The van der Waals surface area contributed by atoms with Gasteiger partial charge in [0.2, 0.25) is 10.0 Å². The Morgan fingerprint density at radius 1 is 0.872 bits per heavy atom. The molecule has 208 valence electrons. The molecule has 1 amide bonds. The van der Waals surface area contributed by atoms with E-state index in [0.717, 1.165) is 5.56 Å². The molecule has 3 rings (SSSR count). The van der Waals surface area contributed by atoms with Gasteiger partial charge in [-0.3, -0.25) is 14.4 Å². The number of nitrogens with one attached hydrogen (secondary N) is 3. The summed E-state index contributed by atoms with van der Waals surface area (Å²) in [5.41, 5.74) is 1.22. The van der Waals surface area contributed by atoms with Crippen molar-refractivity contribution in [2.45, 2.75) is 19.3 Å². The van der Waals surface area contributed by atoms with Crippen LogP contribution in [0, 0.1) is 0 Å². The van der Waals surface area contributed by atoms with Gasteiger partial charge < -0.3 is 14.8 Å². The number of carbonyl (C=O) groups excluding carboxylic acids is 2. The maximum Gasteiger partial charge on any atom is 0.407 e. The van der Waals surface area contributed by atoms with Gasteiger partial charge in [0.1, 0.15) is 18.9 Å². The summed E-state index contributed by atoms with van der Waals surface area (Å²) >= 11 is 0. The standard InChI is InChI=1S/C27H32N3O7PS/c1-2-36-25(31)20-29-38(33,24-16-10-5-11-17-24)26(23-14-8-4-9-15-23)30-39(34,35)19-18-28-27(32)37-21-22-12-6-3-7-13-22/h3-17,26,30H,2,18-21H2,1H3,(H,28,32)(H,29,33). The molecule has 0 aliphatic rings. The van der Waals surface area contributed by atoms with Crippen LogP contribution in [0.5, 0.6) is 0 Å². The summed E-state index contributed by atoms with van der Waals surface area (Å²) < 4.78 is 53.5. The van der Waals surface area contributed by atoms with Gasteiger partial charge in [-0.25, -0.2) is 13.2 Å². The first-order valence-corrected chi connectivity index (χ1v) is 15.7. The van der Waals surface area contributed by atoms with Crippen molar-refractivity contribution in [3.63, 3.8) is 0 Å². The summed E-state index contributed by atoms with van der Waals surface area (Å²) in [5, 5.41) is 5.54. The number of sulfonamides is 1. The molecule has 0 fully saturated rings. The zero-order valence-corrected chi connectivity index (χ0v) is 23.2. The highest BCUT2D eigenvalue weighted by Crippen LogP contribution is 2.53. The Morgan fingerprint density at radius 3 is 2.08 bits per heavy atom. The Morgan fingerprint density at radius 2 is 1.46 bits per heavy atom. The molecule has 0 heterocycles. The molecule has 0 radical (unpaired) electrons.